The summed E-state index contributed by atoms with van der Waals surface area (Å²) < 4.78 is 26.6. The number of aryl methyl sites for hydroxylation is 1. The van der Waals surface area contributed by atoms with Gasteiger partial charge in [0.05, 0.1) is 34.3 Å². The van der Waals surface area contributed by atoms with Gasteiger partial charge in [0.1, 0.15) is 5.75 Å². The van der Waals surface area contributed by atoms with Crippen molar-refractivity contribution in [3.63, 3.8) is 0 Å². The van der Waals surface area contributed by atoms with Crippen molar-refractivity contribution in [3.8, 4) is 29.0 Å². The third kappa shape index (κ3) is 4.93. The van der Waals surface area contributed by atoms with Crippen molar-refractivity contribution in [2.45, 2.75) is 13.3 Å². The van der Waals surface area contributed by atoms with Crippen LogP contribution in [-0.2, 0) is 6.42 Å². The maximum Gasteiger partial charge on any atom is 0.251 e. The van der Waals surface area contributed by atoms with Gasteiger partial charge in [-0.15, -0.1) is 10.2 Å². The molecule has 0 aliphatic heterocycles. The lowest BCUT2D eigenvalue weighted by molar-refractivity contribution is 0.437. The lowest BCUT2D eigenvalue weighted by Gasteiger charge is -2.12. The quantitative estimate of drug-likeness (QED) is 0.338. The molecule has 0 spiro atoms. The van der Waals surface area contributed by atoms with E-state index in [1.54, 1.807) is 11.1 Å². The third-order valence-corrected chi connectivity index (χ3v) is 5.27. The second kappa shape index (κ2) is 9.63. The summed E-state index contributed by atoms with van der Waals surface area (Å²) in [6.45, 7) is 1.81. The highest BCUT2D eigenvalue weighted by Crippen LogP contribution is 2.36. The minimum Gasteiger partial charge on any atom is -0.453 e. The molecule has 0 bridgehead atoms. The molecule has 34 heavy (non-hydrogen) atoms. The van der Waals surface area contributed by atoms with Crippen LogP contribution < -0.4 is 9.64 Å². The van der Waals surface area contributed by atoms with Gasteiger partial charge in [-0.05, 0) is 31.2 Å². The molecule has 2 aromatic carbocycles. The van der Waals surface area contributed by atoms with Gasteiger partial charge < -0.3 is 14.1 Å². The molecule has 0 amide bonds. The molecule has 2 aromatic heterocycles. The molecule has 0 atom stereocenters. The van der Waals surface area contributed by atoms with Crippen LogP contribution in [0.5, 0.6) is 11.5 Å². The summed E-state index contributed by atoms with van der Waals surface area (Å²) in [6, 6.07) is 9.34. The zero-order chi connectivity index (χ0) is 24.4. The zero-order valence-corrected chi connectivity index (χ0v) is 19.8. The molecule has 172 valence electrons. The van der Waals surface area contributed by atoms with Crippen molar-refractivity contribution in [2.75, 3.05) is 19.0 Å². The molecular weight excluding hydrogens is 482 g/mol. The normalized spacial score (nSPS) is 10.7. The fourth-order valence-corrected chi connectivity index (χ4v) is 3.49. The van der Waals surface area contributed by atoms with Crippen LogP contribution in [-0.4, -0.2) is 34.3 Å². The number of anilines is 1. The average Bonchev–Trinajstić information content (AvgIpc) is 3.26. The average molecular weight is 499 g/mol. The van der Waals surface area contributed by atoms with Gasteiger partial charge >= 0.3 is 0 Å². The van der Waals surface area contributed by atoms with Crippen LogP contribution in [0, 0.1) is 24.1 Å². The molecule has 0 saturated heterocycles. The Kier molecular flexibility index (Phi) is 6.63. The minimum atomic E-state index is -0.694. The highest BCUT2D eigenvalue weighted by Gasteiger charge is 2.19. The maximum atomic E-state index is 15.3. The number of nitriles is 1. The highest BCUT2D eigenvalue weighted by atomic mass is 35.5. The Morgan fingerprint density at radius 1 is 1.18 bits per heavy atom. The van der Waals surface area contributed by atoms with Gasteiger partial charge in [-0.25, -0.2) is 14.4 Å². The molecule has 8 nitrogen and oxygen atoms in total. The number of halogens is 3. The SMILES string of the molecule is Cc1nc(N(C)C)ncc1-c1nnc(Cc2ccc(Cl)c(Oc3cc(Cl)cc(C#N)c3)c2F)o1. The Morgan fingerprint density at radius 3 is 2.68 bits per heavy atom. The molecule has 4 rings (SSSR count). The fourth-order valence-electron chi connectivity index (χ4n) is 3.08. The fraction of sp³-hybridized carbons (Fsp3) is 0.174. The first-order valence-electron chi connectivity index (χ1n) is 9.94. The second-order valence-corrected chi connectivity index (χ2v) is 8.32. The van der Waals surface area contributed by atoms with E-state index >= 15 is 4.39 Å². The lowest BCUT2D eigenvalue weighted by Crippen LogP contribution is -2.13. The van der Waals surface area contributed by atoms with E-state index in [-0.39, 0.29) is 50.9 Å². The smallest absolute Gasteiger partial charge is 0.251 e. The standard InChI is InChI=1S/C23H17Cl2FN6O2/c1-12-17(11-28-23(29-12)32(2)3)22-31-30-19(34-22)8-14-4-5-18(25)21(20(14)26)33-16-7-13(10-27)6-15(24)9-16/h4-7,9,11H,8H2,1-3H3. The number of nitrogens with zero attached hydrogens (tertiary/aromatic N) is 6. The molecule has 0 saturated carbocycles. The summed E-state index contributed by atoms with van der Waals surface area (Å²) in [4.78, 5) is 10.5. The van der Waals surface area contributed by atoms with E-state index in [1.165, 1.54) is 30.3 Å². The Bertz CT molecular complexity index is 1420. The monoisotopic (exact) mass is 498 g/mol. The van der Waals surface area contributed by atoms with Gasteiger partial charge in [-0.2, -0.15) is 5.26 Å². The van der Waals surface area contributed by atoms with Gasteiger partial charge in [0.25, 0.3) is 5.89 Å². The van der Waals surface area contributed by atoms with Crippen LogP contribution in [0.2, 0.25) is 10.0 Å². The van der Waals surface area contributed by atoms with Crippen LogP contribution in [0.15, 0.2) is 40.9 Å². The molecule has 0 radical (unpaired) electrons. The van der Waals surface area contributed by atoms with E-state index in [4.69, 9.17) is 37.6 Å². The number of ether oxygens (including phenoxy) is 1. The van der Waals surface area contributed by atoms with Gasteiger partial charge in [0.2, 0.25) is 11.8 Å². The summed E-state index contributed by atoms with van der Waals surface area (Å²) in [6.07, 6.45) is 1.60. The van der Waals surface area contributed by atoms with Crippen LogP contribution in [0.4, 0.5) is 10.3 Å². The molecular formula is C23H17Cl2FN6O2. The predicted molar refractivity (Wildman–Crippen MR) is 125 cm³/mol. The topological polar surface area (TPSA) is 101 Å². The number of aromatic nitrogens is 4. The molecule has 4 aromatic rings. The molecule has 0 aliphatic rings. The molecule has 0 N–H and O–H groups in total. The maximum absolute atomic E-state index is 15.3. The van der Waals surface area contributed by atoms with Crippen molar-refractivity contribution in [3.05, 3.63) is 75.1 Å². The van der Waals surface area contributed by atoms with E-state index < -0.39 is 5.82 Å². The van der Waals surface area contributed by atoms with Gasteiger partial charge in [-0.3, -0.25) is 0 Å². The Balaban J connectivity index is 1.60. The first-order valence-corrected chi connectivity index (χ1v) is 10.7. The third-order valence-electron chi connectivity index (χ3n) is 4.75. The van der Waals surface area contributed by atoms with Crippen molar-refractivity contribution in [1.82, 2.24) is 20.2 Å². The van der Waals surface area contributed by atoms with Crippen molar-refractivity contribution >= 4 is 29.2 Å². The van der Waals surface area contributed by atoms with E-state index in [1.807, 2.05) is 27.1 Å². The summed E-state index contributed by atoms with van der Waals surface area (Å²) >= 11 is 12.2. The lowest BCUT2D eigenvalue weighted by atomic mass is 10.1. The molecule has 2 heterocycles. The van der Waals surface area contributed by atoms with Crippen molar-refractivity contribution in [2.24, 2.45) is 0 Å². The minimum absolute atomic E-state index is 0.00103. The number of rotatable bonds is 6. The molecule has 0 unspecified atom stereocenters. The second-order valence-electron chi connectivity index (χ2n) is 7.48. The first-order chi connectivity index (χ1) is 16.2. The Morgan fingerprint density at radius 2 is 1.97 bits per heavy atom. The van der Waals surface area contributed by atoms with Crippen LogP contribution >= 0.6 is 23.2 Å². The molecule has 0 aliphatic carbocycles. The number of hydrogen-bond donors (Lipinski definition) is 0. The van der Waals surface area contributed by atoms with Gasteiger partial charge in [-0.1, -0.05) is 29.3 Å². The van der Waals surface area contributed by atoms with E-state index in [9.17, 15) is 0 Å². The summed E-state index contributed by atoms with van der Waals surface area (Å²) in [5, 5.41) is 17.5. The van der Waals surface area contributed by atoms with Crippen LogP contribution in [0.3, 0.4) is 0 Å². The number of hydrogen-bond acceptors (Lipinski definition) is 8. The van der Waals surface area contributed by atoms with Crippen LogP contribution in [0.25, 0.3) is 11.5 Å². The zero-order valence-electron chi connectivity index (χ0n) is 18.3. The Labute approximate surface area is 204 Å². The van der Waals surface area contributed by atoms with E-state index in [2.05, 4.69) is 20.2 Å². The van der Waals surface area contributed by atoms with E-state index in [0.717, 1.165) is 0 Å². The predicted octanol–water partition coefficient (Wildman–Crippen LogP) is 5.60. The van der Waals surface area contributed by atoms with Crippen LogP contribution in [0.1, 0.15) is 22.7 Å². The van der Waals surface area contributed by atoms with E-state index in [0.29, 0.717) is 17.2 Å². The molecule has 0 fully saturated rings. The van der Waals surface area contributed by atoms with Crippen molar-refractivity contribution < 1.29 is 13.5 Å². The summed E-state index contributed by atoms with van der Waals surface area (Å²) in [5.74, 6) is 0.255. The van der Waals surface area contributed by atoms with Gasteiger partial charge in [0.15, 0.2) is 11.6 Å². The summed E-state index contributed by atoms with van der Waals surface area (Å²) in [5.41, 5.74) is 1.75. The first kappa shape index (κ1) is 23.4. The summed E-state index contributed by atoms with van der Waals surface area (Å²) in [7, 11) is 3.68. The number of benzene rings is 2. The van der Waals surface area contributed by atoms with Gasteiger partial charge in [0, 0.05) is 30.9 Å². The molecule has 11 heteroatoms. The highest BCUT2D eigenvalue weighted by molar-refractivity contribution is 6.32. The largest absolute Gasteiger partial charge is 0.453 e. The van der Waals surface area contributed by atoms with Crippen molar-refractivity contribution in [1.29, 1.82) is 5.26 Å². The Hall–Kier alpha value is -3.74.